The summed E-state index contributed by atoms with van der Waals surface area (Å²) in [6, 6.07) is 0. The van der Waals surface area contributed by atoms with Crippen molar-refractivity contribution in [1.82, 2.24) is 10.2 Å². The van der Waals surface area contributed by atoms with Crippen molar-refractivity contribution in [2.75, 3.05) is 26.2 Å². The predicted molar refractivity (Wildman–Crippen MR) is 72.2 cm³/mol. The Hall–Kier alpha value is -0.0800. The number of rotatable bonds is 2. The molecule has 0 aromatic rings. The molecule has 3 fully saturated rings. The van der Waals surface area contributed by atoms with Crippen LogP contribution < -0.4 is 5.32 Å². The molecule has 0 radical (unpaired) electrons. The normalized spacial score (nSPS) is 31.1. The molecule has 1 saturated heterocycles. The van der Waals surface area contributed by atoms with E-state index in [1.165, 1.54) is 84.0 Å². The van der Waals surface area contributed by atoms with Crippen LogP contribution in [0.25, 0.3) is 0 Å². The summed E-state index contributed by atoms with van der Waals surface area (Å²) in [7, 11) is 0. The van der Waals surface area contributed by atoms with Crippen LogP contribution in [0.3, 0.4) is 0 Å². The van der Waals surface area contributed by atoms with E-state index in [0.717, 1.165) is 5.92 Å². The van der Waals surface area contributed by atoms with Crippen molar-refractivity contribution in [2.24, 2.45) is 5.92 Å². The molecule has 1 N–H and O–H groups in total. The minimum Gasteiger partial charge on any atom is -0.310 e. The molecule has 3 aliphatic rings. The Labute approximate surface area is 106 Å². The zero-order valence-electron chi connectivity index (χ0n) is 11.2. The van der Waals surface area contributed by atoms with Crippen LogP contribution in [-0.2, 0) is 0 Å². The maximum Gasteiger partial charge on any atom is 0.0308 e. The van der Waals surface area contributed by atoms with Crippen molar-refractivity contribution in [3.63, 3.8) is 0 Å². The standard InChI is InChI=1S/C15H28N2/c1-2-8-15(9-3-1)13-17(11-5-10-16-15)12-14-6-4-7-14/h14,16H,1-13H2. The van der Waals surface area contributed by atoms with Crippen molar-refractivity contribution in [3.8, 4) is 0 Å². The molecule has 1 spiro atoms. The zero-order valence-corrected chi connectivity index (χ0v) is 11.2. The molecule has 2 aliphatic carbocycles. The van der Waals surface area contributed by atoms with E-state index in [1.54, 1.807) is 0 Å². The Bertz CT molecular complexity index is 241. The van der Waals surface area contributed by atoms with Crippen molar-refractivity contribution >= 4 is 0 Å². The lowest BCUT2D eigenvalue weighted by molar-refractivity contribution is 0.128. The first-order chi connectivity index (χ1) is 8.36. The molecular formula is C15H28N2. The largest absolute Gasteiger partial charge is 0.310 e. The van der Waals surface area contributed by atoms with Crippen molar-refractivity contribution < 1.29 is 0 Å². The van der Waals surface area contributed by atoms with Gasteiger partial charge in [-0.15, -0.1) is 0 Å². The number of nitrogens with one attached hydrogen (secondary N) is 1. The Morgan fingerprint density at radius 2 is 1.82 bits per heavy atom. The van der Waals surface area contributed by atoms with Gasteiger partial charge in [0.1, 0.15) is 0 Å². The van der Waals surface area contributed by atoms with Crippen molar-refractivity contribution in [2.45, 2.75) is 63.3 Å². The van der Waals surface area contributed by atoms with E-state index in [2.05, 4.69) is 10.2 Å². The van der Waals surface area contributed by atoms with E-state index >= 15 is 0 Å². The maximum atomic E-state index is 3.89. The van der Waals surface area contributed by atoms with Gasteiger partial charge in [0.25, 0.3) is 0 Å². The highest BCUT2D eigenvalue weighted by Crippen LogP contribution is 2.32. The number of hydrogen-bond donors (Lipinski definition) is 1. The van der Waals surface area contributed by atoms with E-state index in [4.69, 9.17) is 0 Å². The van der Waals surface area contributed by atoms with Crippen LogP contribution in [0.4, 0.5) is 0 Å². The van der Waals surface area contributed by atoms with Crippen LogP contribution in [0.5, 0.6) is 0 Å². The highest BCUT2D eigenvalue weighted by atomic mass is 15.2. The van der Waals surface area contributed by atoms with E-state index in [1.807, 2.05) is 0 Å². The quantitative estimate of drug-likeness (QED) is 0.793. The van der Waals surface area contributed by atoms with Gasteiger partial charge in [-0.1, -0.05) is 25.7 Å². The molecule has 0 amide bonds. The second-order valence-electron chi connectivity index (χ2n) is 6.65. The minimum atomic E-state index is 0.499. The summed E-state index contributed by atoms with van der Waals surface area (Å²) < 4.78 is 0. The first-order valence-corrected chi connectivity index (χ1v) is 7.84. The molecule has 0 unspecified atom stereocenters. The Kier molecular flexibility index (Phi) is 3.72. The molecule has 1 heterocycles. The van der Waals surface area contributed by atoms with Crippen LogP contribution in [0.15, 0.2) is 0 Å². The number of hydrogen-bond acceptors (Lipinski definition) is 2. The van der Waals surface area contributed by atoms with Crippen LogP contribution >= 0.6 is 0 Å². The van der Waals surface area contributed by atoms with E-state index < -0.39 is 0 Å². The predicted octanol–water partition coefficient (Wildman–Crippen LogP) is 2.78. The third-order valence-electron chi connectivity index (χ3n) is 5.23. The molecule has 1 aliphatic heterocycles. The second-order valence-corrected chi connectivity index (χ2v) is 6.65. The highest BCUT2D eigenvalue weighted by Gasteiger charge is 2.35. The van der Waals surface area contributed by atoms with Gasteiger partial charge >= 0.3 is 0 Å². The van der Waals surface area contributed by atoms with E-state index in [-0.39, 0.29) is 0 Å². The monoisotopic (exact) mass is 236 g/mol. The smallest absolute Gasteiger partial charge is 0.0308 e. The highest BCUT2D eigenvalue weighted by molar-refractivity contribution is 4.95. The summed E-state index contributed by atoms with van der Waals surface area (Å²) in [5, 5.41) is 3.89. The van der Waals surface area contributed by atoms with Crippen LogP contribution in [0, 0.1) is 5.92 Å². The van der Waals surface area contributed by atoms with Crippen LogP contribution in [0.1, 0.15) is 57.8 Å². The summed E-state index contributed by atoms with van der Waals surface area (Å²) in [4.78, 5) is 2.79. The molecule has 98 valence electrons. The molecule has 0 aromatic heterocycles. The molecule has 0 aromatic carbocycles. The van der Waals surface area contributed by atoms with Crippen molar-refractivity contribution in [3.05, 3.63) is 0 Å². The SMILES string of the molecule is C1CCC2(CC1)CN(CC1CCC1)CCCN2. The fourth-order valence-electron chi connectivity index (χ4n) is 3.98. The molecule has 3 rings (SSSR count). The van der Waals surface area contributed by atoms with Gasteiger partial charge in [0.2, 0.25) is 0 Å². The average Bonchev–Trinajstić information content (AvgIpc) is 2.48. The van der Waals surface area contributed by atoms with E-state index in [0.29, 0.717) is 5.54 Å². The van der Waals surface area contributed by atoms with Gasteiger partial charge in [-0.2, -0.15) is 0 Å². The third-order valence-corrected chi connectivity index (χ3v) is 5.23. The molecule has 2 heteroatoms. The average molecular weight is 236 g/mol. The molecular weight excluding hydrogens is 208 g/mol. The lowest BCUT2D eigenvalue weighted by Crippen LogP contribution is -2.53. The van der Waals surface area contributed by atoms with Gasteiger partial charge in [-0.3, -0.25) is 0 Å². The fourth-order valence-corrected chi connectivity index (χ4v) is 3.98. The van der Waals surface area contributed by atoms with Crippen molar-refractivity contribution in [1.29, 1.82) is 0 Å². The Morgan fingerprint density at radius 1 is 1.00 bits per heavy atom. The van der Waals surface area contributed by atoms with Gasteiger partial charge in [0.05, 0.1) is 0 Å². The van der Waals surface area contributed by atoms with Gasteiger partial charge in [0.15, 0.2) is 0 Å². The molecule has 2 nitrogen and oxygen atoms in total. The first-order valence-electron chi connectivity index (χ1n) is 7.84. The summed E-state index contributed by atoms with van der Waals surface area (Å²) in [6.07, 6.45) is 13.0. The first kappa shape index (κ1) is 12.0. The fraction of sp³-hybridized carbons (Fsp3) is 1.00. The van der Waals surface area contributed by atoms with Crippen LogP contribution in [-0.4, -0.2) is 36.6 Å². The summed E-state index contributed by atoms with van der Waals surface area (Å²) >= 11 is 0. The summed E-state index contributed by atoms with van der Waals surface area (Å²) in [6.45, 7) is 5.32. The van der Waals surface area contributed by atoms with E-state index in [9.17, 15) is 0 Å². The molecule has 2 saturated carbocycles. The van der Waals surface area contributed by atoms with Gasteiger partial charge < -0.3 is 10.2 Å². The molecule has 17 heavy (non-hydrogen) atoms. The lowest BCUT2D eigenvalue weighted by atomic mass is 9.80. The third kappa shape index (κ3) is 2.85. The minimum absolute atomic E-state index is 0.499. The van der Waals surface area contributed by atoms with Gasteiger partial charge in [-0.25, -0.2) is 0 Å². The second kappa shape index (κ2) is 5.27. The lowest BCUT2D eigenvalue weighted by Gasteiger charge is -2.41. The Balaban J connectivity index is 1.59. The van der Waals surface area contributed by atoms with Gasteiger partial charge in [0, 0.05) is 18.6 Å². The number of nitrogens with zero attached hydrogens (tertiary/aromatic N) is 1. The zero-order chi connectivity index (χ0) is 11.6. The van der Waals surface area contributed by atoms with Crippen LogP contribution in [0.2, 0.25) is 0 Å². The molecule has 0 bridgehead atoms. The maximum absolute atomic E-state index is 3.89. The summed E-state index contributed by atoms with van der Waals surface area (Å²) in [5.74, 6) is 1.04. The topological polar surface area (TPSA) is 15.3 Å². The van der Waals surface area contributed by atoms with Gasteiger partial charge in [-0.05, 0) is 51.1 Å². The summed E-state index contributed by atoms with van der Waals surface area (Å²) in [5.41, 5.74) is 0.499. The Morgan fingerprint density at radius 3 is 2.53 bits per heavy atom. The molecule has 0 atom stereocenters.